The van der Waals surface area contributed by atoms with Crippen molar-refractivity contribution in [3.63, 3.8) is 0 Å². The molecule has 1 aromatic rings. The Morgan fingerprint density at radius 1 is 1.21 bits per heavy atom. The standard InChI is InChI=1S/C13H17N3O3/c17-12(18)10-11(15-16-14-10)19-13-4-7-1-8(5-13)3-9(2-7)6-13/h7-9H,1-6H2,(H,17,18)(H,14,15,16). The monoisotopic (exact) mass is 263 g/mol. The van der Waals surface area contributed by atoms with E-state index < -0.39 is 5.97 Å². The molecule has 6 nitrogen and oxygen atoms in total. The molecule has 4 saturated carbocycles. The molecule has 4 fully saturated rings. The molecule has 4 aliphatic rings. The fourth-order valence-electron chi connectivity index (χ4n) is 4.79. The number of aromatic nitrogens is 3. The van der Waals surface area contributed by atoms with Gasteiger partial charge in [0.1, 0.15) is 5.60 Å². The highest BCUT2D eigenvalue weighted by molar-refractivity contribution is 5.87. The van der Waals surface area contributed by atoms with Gasteiger partial charge in [-0.05, 0) is 56.3 Å². The van der Waals surface area contributed by atoms with Crippen molar-refractivity contribution in [3.05, 3.63) is 5.69 Å². The average molecular weight is 263 g/mol. The van der Waals surface area contributed by atoms with E-state index in [2.05, 4.69) is 15.4 Å². The molecule has 1 aromatic heterocycles. The van der Waals surface area contributed by atoms with Crippen LogP contribution in [0, 0.1) is 17.8 Å². The van der Waals surface area contributed by atoms with Gasteiger partial charge in [-0.2, -0.15) is 0 Å². The molecule has 0 unspecified atom stereocenters. The van der Waals surface area contributed by atoms with Crippen LogP contribution < -0.4 is 4.74 Å². The van der Waals surface area contributed by atoms with Crippen molar-refractivity contribution in [1.29, 1.82) is 0 Å². The number of carbonyl (C=O) groups is 1. The van der Waals surface area contributed by atoms with Gasteiger partial charge in [0.25, 0.3) is 5.88 Å². The van der Waals surface area contributed by atoms with Crippen molar-refractivity contribution >= 4 is 5.97 Å². The molecule has 0 aliphatic heterocycles. The number of H-pyrrole nitrogens is 1. The highest BCUT2D eigenvalue weighted by Gasteiger charge is 2.53. The number of ether oxygens (including phenoxy) is 1. The molecule has 0 atom stereocenters. The van der Waals surface area contributed by atoms with E-state index in [9.17, 15) is 4.79 Å². The summed E-state index contributed by atoms with van der Waals surface area (Å²) in [6.45, 7) is 0. The van der Waals surface area contributed by atoms with Crippen molar-refractivity contribution < 1.29 is 14.6 Å². The third-order valence-corrected chi connectivity index (χ3v) is 5.03. The van der Waals surface area contributed by atoms with Crippen LogP contribution in [0.4, 0.5) is 0 Å². The number of nitrogens with zero attached hydrogens (tertiary/aromatic N) is 2. The van der Waals surface area contributed by atoms with E-state index in [0.717, 1.165) is 37.0 Å². The van der Waals surface area contributed by atoms with Gasteiger partial charge in [0.05, 0.1) is 0 Å². The van der Waals surface area contributed by atoms with E-state index >= 15 is 0 Å². The minimum absolute atomic E-state index is 0.0317. The summed E-state index contributed by atoms with van der Waals surface area (Å²) in [4.78, 5) is 11.1. The van der Waals surface area contributed by atoms with Crippen molar-refractivity contribution in [3.8, 4) is 5.88 Å². The maximum absolute atomic E-state index is 11.1. The Kier molecular flexibility index (Phi) is 2.20. The first-order valence-electron chi connectivity index (χ1n) is 6.97. The zero-order valence-corrected chi connectivity index (χ0v) is 10.6. The lowest BCUT2D eigenvalue weighted by molar-refractivity contribution is -0.109. The Balaban J connectivity index is 1.62. The fraction of sp³-hybridized carbons (Fsp3) is 0.769. The summed E-state index contributed by atoms with van der Waals surface area (Å²) >= 11 is 0. The number of carboxylic acids is 1. The third kappa shape index (κ3) is 1.73. The van der Waals surface area contributed by atoms with Gasteiger partial charge in [0, 0.05) is 0 Å². The summed E-state index contributed by atoms with van der Waals surface area (Å²) in [5.41, 5.74) is -0.216. The maximum atomic E-state index is 11.1. The zero-order valence-electron chi connectivity index (χ0n) is 10.6. The maximum Gasteiger partial charge on any atom is 0.359 e. The summed E-state index contributed by atoms with van der Waals surface area (Å²) in [7, 11) is 0. The van der Waals surface area contributed by atoms with Gasteiger partial charge < -0.3 is 9.84 Å². The van der Waals surface area contributed by atoms with E-state index in [1.54, 1.807) is 0 Å². The van der Waals surface area contributed by atoms with Crippen molar-refractivity contribution in [2.75, 3.05) is 0 Å². The van der Waals surface area contributed by atoms with Gasteiger partial charge in [-0.3, -0.25) is 0 Å². The molecule has 102 valence electrons. The van der Waals surface area contributed by atoms with Gasteiger partial charge in [0.2, 0.25) is 5.69 Å². The van der Waals surface area contributed by atoms with E-state index in [4.69, 9.17) is 9.84 Å². The molecule has 2 N–H and O–H groups in total. The first-order valence-corrected chi connectivity index (χ1v) is 6.97. The predicted molar refractivity (Wildman–Crippen MR) is 64.9 cm³/mol. The third-order valence-electron chi connectivity index (χ3n) is 5.03. The number of carboxylic acid groups (broad SMARTS) is 1. The van der Waals surface area contributed by atoms with Crippen LogP contribution in [-0.4, -0.2) is 32.1 Å². The SMILES string of the molecule is O=C(O)c1[nH]nnc1OC12CC3CC(CC(C3)C1)C2. The highest BCUT2D eigenvalue weighted by Crippen LogP contribution is 2.56. The largest absolute Gasteiger partial charge is 0.476 e. The minimum Gasteiger partial charge on any atom is -0.476 e. The number of nitrogens with one attached hydrogen (secondary N) is 1. The molecule has 0 amide bonds. The summed E-state index contributed by atoms with van der Waals surface area (Å²) in [5, 5.41) is 18.8. The molecule has 4 bridgehead atoms. The summed E-state index contributed by atoms with van der Waals surface area (Å²) < 4.78 is 6.06. The molecular formula is C13H17N3O3. The molecule has 6 heteroatoms. The number of aromatic carboxylic acids is 1. The number of hydrogen-bond donors (Lipinski definition) is 2. The lowest BCUT2D eigenvalue weighted by atomic mass is 9.54. The van der Waals surface area contributed by atoms with E-state index in [1.165, 1.54) is 19.3 Å². The van der Waals surface area contributed by atoms with Crippen LogP contribution in [0.5, 0.6) is 5.88 Å². The summed E-state index contributed by atoms with van der Waals surface area (Å²) in [5.74, 6) is 1.36. The number of hydrogen-bond acceptors (Lipinski definition) is 4. The quantitative estimate of drug-likeness (QED) is 0.868. The second-order valence-corrected chi connectivity index (χ2v) is 6.50. The topological polar surface area (TPSA) is 88.1 Å². The summed E-state index contributed by atoms with van der Waals surface area (Å²) in [6.07, 6.45) is 7.12. The Morgan fingerprint density at radius 3 is 2.32 bits per heavy atom. The van der Waals surface area contributed by atoms with E-state index in [0.29, 0.717) is 0 Å². The Labute approximate surface area is 110 Å². The van der Waals surface area contributed by atoms with Crippen molar-refractivity contribution in [2.24, 2.45) is 17.8 Å². The molecular weight excluding hydrogens is 246 g/mol. The second-order valence-electron chi connectivity index (χ2n) is 6.50. The molecule has 0 aromatic carbocycles. The zero-order chi connectivity index (χ0) is 13.0. The van der Waals surface area contributed by atoms with Gasteiger partial charge in [-0.25, -0.2) is 9.89 Å². The van der Waals surface area contributed by atoms with Crippen LogP contribution in [-0.2, 0) is 0 Å². The molecule has 5 rings (SSSR count). The molecule has 1 heterocycles. The van der Waals surface area contributed by atoms with Gasteiger partial charge in [0.15, 0.2) is 0 Å². The molecule has 4 aliphatic carbocycles. The van der Waals surface area contributed by atoms with Crippen LogP contribution in [0.25, 0.3) is 0 Å². The lowest BCUT2D eigenvalue weighted by Crippen LogP contribution is -2.53. The molecule has 19 heavy (non-hydrogen) atoms. The average Bonchev–Trinajstić information content (AvgIpc) is 2.74. The van der Waals surface area contributed by atoms with Crippen LogP contribution in [0.15, 0.2) is 0 Å². The molecule has 0 spiro atoms. The second kappa shape index (κ2) is 3.71. The van der Waals surface area contributed by atoms with Crippen LogP contribution in [0.2, 0.25) is 0 Å². The normalized spacial score (nSPS) is 39.5. The van der Waals surface area contributed by atoms with Gasteiger partial charge in [-0.1, -0.05) is 10.3 Å². The first-order chi connectivity index (χ1) is 9.13. The van der Waals surface area contributed by atoms with Crippen LogP contribution in [0.1, 0.15) is 49.0 Å². The Morgan fingerprint density at radius 2 is 1.79 bits per heavy atom. The van der Waals surface area contributed by atoms with E-state index in [-0.39, 0.29) is 17.2 Å². The Bertz CT molecular complexity index is 490. The van der Waals surface area contributed by atoms with Crippen LogP contribution in [0.3, 0.4) is 0 Å². The minimum atomic E-state index is -1.07. The predicted octanol–water partition coefficient (Wildman–Crippen LogP) is 1.85. The van der Waals surface area contributed by atoms with Crippen molar-refractivity contribution in [1.82, 2.24) is 15.4 Å². The molecule has 0 radical (unpaired) electrons. The van der Waals surface area contributed by atoms with Crippen LogP contribution >= 0.6 is 0 Å². The molecule has 0 saturated heterocycles. The van der Waals surface area contributed by atoms with Crippen molar-refractivity contribution in [2.45, 2.75) is 44.1 Å². The smallest absolute Gasteiger partial charge is 0.359 e. The van der Waals surface area contributed by atoms with Gasteiger partial charge >= 0.3 is 5.97 Å². The number of aromatic amines is 1. The van der Waals surface area contributed by atoms with Gasteiger partial charge in [-0.15, -0.1) is 0 Å². The first kappa shape index (κ1) is 11.3. The Hall–Kier alpha value is -1.59. The van der Waals surface area contributed by atoms with E-state index in [1.807, 2.05) is 0 Å². The highest BCUT2D eigenvalue weighted by atomic mass is 16.5. The number of rotatable bonds is 3. The lowest BCUT2D eigenvalue weighted by Gasteiger charge is -2.55. The summed E-state index contributed by atoms with van der Waals surface area (Å²) in [6, 6.07) is 0. The fourth-order valence-corrected chi connectivity index (χ4v) is 4.79.